The van der Waals surface area contributed by atoms with Crippen molar-refractivity contribution < 1.29 is 28.2 Å². The van der Waals surface area contributed by atoms with E-state index in [9.17, 15) is 13.6 Å². The number of methoxy groups -OCH3 is 1. The standard InChI is InChI=1S/C12H15F2NO4/c1-15-8(6-11(16)17)7-3-4-9(18-2)10(5-7)19-12(13)14/h3-5,8,12,15H,6H2,1-2H3,(H,16,17). The normalized spacial score (nSPS) is 12.3. The average Bonchev–Trinajstić information content (AvgIpc) is 2.35. The summed E-state index contributed by atoms with van der Waals surface area (Å²) in [7, 11) is 2.92. The molecule has 0 saturated carbocycles. The molecule has 2 N–H and O–H groups in total. The Labute approximate surface area is 109 Å². The predicted octanol–water partition coefficient (Wildman–Crippen LogP) is 2.03. The monoisotopic (exact) mass is 275 g/mol. The van der Waals surface area contributed by atoms with Gasteiger partial charge in [0.25, 0.3) is 0 Å². The molecule has 0 aliphatic heterocycles. The quantitative estimate of drug-likeness (QED) is 0.797. The van der Waals surface area contributed by atoms with Gasteiger partial charge in [0, 0.05) is 6.04 Å². The Hall–Kier alpha value is -1.89. The van der Waals surface area contributed by atoms with Crippen molar-refractivity contribution in [1.82, 2.24) is 5.32 Å². The molecule has 1 unspecified atom stereocenters. The number of hydrogen-bond donors (Lipinski definition) is 2. The van der Waals surface area contributed by atoms with E-state index in [1.54, 1.807) is 13.1 Å². The minimum atomic E-state index is -2.98. The fourth-order valence-electron chi connectivity index (χ4n) is 1.66. The first-order chi connectivity index (χ1) is 8.97. The van der Waals surface area contributed by atoms with E-state index in [1.165, 1.54) is 19.2 Å². The van der Waals surface area contributed by atoms with Crippen LogP contribution in [0.5, 0.6) is 11.5 Å². The number of nitrogens with one attached hydrogen (secondary N) is 1. The van der Waals surface area contributed by atoms with E-state index >= 15 is 0 Å². The Morgan fingerprint density at radius 3 is 2.58 bits per heavy atom. The third kappa shape index (κ3) is 4.36. The first-order valence-electron chi connectivity index (χ1n) is 5.49. The van der Waals surface area contributed by atoms with Gasteiger partial charge in [-0.05, 0) is 24.7 Å². The molecule has 7 heteroatoms. The second-order valence-corrected chi connectivity index (χ2v) is 3.73. The van der Waals surface area contributed by atoms with Crippen molar-refractivity contribution in [3.05, 3.63) is 23.8 Å². The first kappa shape index (κ1) is 15.2. The van der Waals surface area contributed by atoms with Gasteiger partial charge in [0.05, 0.1) is 13.5 Å². The summed E-state index contributed by atoms with van der Waals surface area (Å²) < 4.78 is 33.8. The summed E-state index contributed by atoms with van der Waals surface area (Å²) in [5, 5.41) is 11.6. The van der Waals surface area contributed by atoms with Crippen LogP contribution in [0, 0.1) is 0 Å². The Bertz CT molecular complexity index is 440. The van der Waals surface area contributed by atoms with Crippen LogP contribution < -0.4 is 14.8 Å². The number of ether oxygens (including phenoxy) is 2. The molecule has 0 radical (unpaired) electrons. The van der Waals surface area contributed by atoms with Gasteiger partial charge in [-0.1, -0.05) is 6.07 Å². The zero-order chi connectivity index (χ0) is 14.4. The molecular formula is C12H15F2NO4. The van der Waals surface area contributed by atoms with E-state index in [0.717, 1.165) is 0 Å². The molecule has 0 aromatic heterocycles. The van der Waals surface area contributed by atoms with Gasteiger partial charge >= 0.3 is 12.6 Å². The number of halogens is 2. The van der Waals surface area contributed by atoms with Crippen molar-refractivity contribution >= 4 is 5.97 Å². The number of rotatable bonds is 7. The summed E-state index contributed by atoms with van der Waals surface area (Å²) in [6.07, 6.45) is -0.170. The molecule has 5 nitrogen and oxygen atoms in total. The van der Waals surface area contributed by atoms with Gasteiger partial charge in [0.15, 0.2) is 11.5 Å². The number of carboxylic acids is 1. The smallest absolute Gasteiger partial charge is 0.387 e. The number of hydrogen-bond acceptors (Lipinski definition) is 4. The second kappa shape index (κ2) is 6.89. The van der Waals surface area contributed by atoms with Crippen molar-refractivity contribution in [2.24, 2.45) is 0 Å². The molecule has 19 heavy (non-hydrogen) atoms. The van der Waals surface area contributed by atoms with E-state index in [2.05, 4.69) is 10.1 Å². The predicted molar refractivity (Wildman–Crippen MR) is 63.7 cm³/mol. The number of aliphatic carboxylic acids is 1. The van der Waals surface area contributed by atoms with E-state index in [1.807, 2.05) is 0 Å². The number of carbonyl (C=O) groups is 1. The fourth-order valence-corrected chi connectivity index (χ4v) is 1.66. The molecule has 1 aromatic carbocycles. The molecule has 1 rings (SSSR count). The molecule has 0 aliphatic rings. The third-order valence-electron chi connectivity index (χ3n) is 2.53. The molecule has 0 heterocycles. The molecular weight excluding hydrogens is 260 g/mol. The summed E-state index contributed by atoms with van der Waals surface area (Å²) in [4.78, 5) is 10.7. The zero-order valence-electron chi connectivity index (χ0n) is 10.5. The van der Waals surface area contributed by atoms with Crippen LogP contribution in [0.1, 0.15) is 18.0 Å². The van der Waals surface area contributed by atoms with Crippen molar-refractivity contribution in [1.29, 1.82) is 0 Å². The minimum absolute atomic E-state index is 0.124. The third-order valence-corrected chi connectivity index (χ3v) is 2.53. The summed E-state index contributed by atoms with van der Waals surface area (Å²) in [6.45, 7) is -2.98. The highest BCUT2D eigenvalue weighted by atomic mass is 19.3. The Morgan fingerprint density at radius 2 is 2.11 bits per heavy atom. The zero-order valence-corrected chi connectivity index (χ0v) is 10.5. The Morgan fingerprint density at radius 1 is 1.42 bits per heavy atom. The number of alkyl halides is 2. The summed E-state index contributed by atoms with van der Waals surface area (Å²) >= 11 is 0. The van der Waals surface area contributed by atoms with Crippen LogP contribution in [-0.4, -0.2) is 31.8 Å². The topological polar surface area (TPSA) is 67.8 Å². The maximum absolute atomic E-state index is 12.3. The van der Waals surface area contributed by atoms with E-state index < -0.39 is 18.6 Å². The van der Waals surface area contributed by atoms with Crippen LogP contribution in [0.2, 0.25) is 0 Å². The maximum atomic E-state index is 12.3. The molecule has 0 saturated heterocycles. The highest BCUT2D eigenvalue weighted by Gasteiger charge is 2.17. The van der Waals surface area contributed by atoms with E-state index in [0.29, 0.717) is 5.56 Å². The van der Waals surface area contributed by atoms with Crippen LogP contribution in [0.4, 0.5) is 8.78 Å². The van der Waals surface area contributed by atoms with Gasteiger partial charge in [0.2, 0.25) is 0 Å². The maximum Gasteiger partial charge on any atom is 0.387 e. The lowest BCUT2D eigenvalue weighted by molar-refractivity contribution is -0.137. The Kier molecular flexibility index (Phi) is 5.50. The fraction of sp³-hybridized carbons (Fsp3) is 0.417. The van der Waals surface area contributed by atoms with Crippen molar-refractivity contribution in [2.45, 2.75) is 19.1 Å². The molecule has 0 amide bonds. The lowest BCUT2D eigenvalue weighted by atomic mass is 10.0. The summed E-state index contributed by atoms with van der Waals surface area (Å²) in [5.41, 5.74) is 0.529. The van der Waals surface area contributed by atoms with Crippen molar-refractivity contribution in [3.63, 3.8) is 0 Å². The van der Waals surface area contributed by atoms with Crippen molar-refractivity contribution in [2.75, 3.05) is 14.2 Å². The average molecular weight is 275 g/mol. The number of benzene rings is 1. The molecule has 0 spiro atoms. The van der Waals surface area contributed by atoms with Gasteiger partial charge < -0.3 is 19.9 Å². The van der Waals surface area contributed by atoms with Crippen LogP contribution in [-0.2, 0) is 4.79 Å². The van der Waals surface area contributed by atoms with Gasteiger partial charge in [-0.3, -0.25) is 4.79 Å². The van der Waals surface area contributed by atoms with Crippen molar-refractivity contribution in [3.8, 4) is 11.5 Å². The molecule has 0 bridgehead atoms. The molecule has 106 valence electrons. The largest absolute Gasteiger partial charge is 0.493 e. The van der Waals surface area contributed by atoms with Gasteiger partial charge in [-0.15, -0.1) is 0 Å². The Balaban J connectivity index is 3.04. The van der Waals surface area contributed by atoms with Gasteiger partial charge in [-0.25, -0.2) is 0 Å². The van der Waals surface area contributed by atoms with E-state index in [-0.39, 0.29) is 17.9 Å². The van der Waals surface area contributed by atoms with Crippen LogP contribution in [0.3, 0.4) is 0 Å². The molecule has 1 atom stereocenters. The summed E-state index contributed by atoms with van der Waals surface area (Å²) in [5.74, 6) is -0.957. The van der Waals surface area contributed by atoms with Crippen LogP contribution in [0.15, 0.2) is 18.2 Å². The molecule has 0 fully saturated rings. The molecule has 0 aliphatic carbocycles. The van der Waals surface area contributed by atoms with Crippen LogP contribution >= 0.6 is 0 Å². The van der Waals surface area contributed by atoms with Gasteiger partial charge in [0.1, 0.15) is 0 Å². The lowest BCUT2D eigenvalue weighted by Gasteiger charge is -2.17. The highest BCUT2D eigenvalue weighted by Crippen LogP contribution is 2.32. The van der Waals surface area contributed by atoms with Gasteiger partial charge in [-0.2, -0.15) is 8.78 Å². The van der Waals surface area contributed by atoms with E-state index in [4.69, 9.17) is 9.84 Å². The SMILES string of the molecule is CNC(CC(=O)O)c1ccc(OC)c(OC(F)F)c1. The lowest BCUT2D eigenvalue weighted by Crippen LogP contribution is -2.20. The molecule has 1 aromatic rings. The first-order valence-corrected chi connectivity index (χ1v) is 5.49. The second-order valence-electron chi connectivity index (χ2n) is 3.73. The number of carboxylic acid groups (broad SMARTS) is 1. The summed E-state index contributed by atoms with van der Waals surface area (Å²) in [6, 6.07) is 3.90. The minimum Gasteiger partial charge on any atom is -0.493 e. The van der Waals surface area contributed by atoms with Crippen LogP contribution in [0.25, 0.3) is 0 Å². The highest BCUT2D eigenvalue weighted by molar-refractivity contribution is 5.68.